The second kappa shape index (κ2) is 7.64. The maximum atomic E-state index is 12.5. The molecule has 0 aliphatic carbocycles. The molecule has 1 aromatic rings. The fraction of sp³-hybridized carbons (Fsp3) is 0.462. The van der Waals surface area contributed by atoms with Gasteiger partial charge in [0.2, 0.25) is 0 Å². The molecule has 24 heavy (non-hydrogen) atoms. The molecule has 0 aliphatic rings. The van der Waals surface area contributed by atoms with Gasteiger partial charge < -0.3 is 19.3 Å². The summed E-state index contributed by atoms with van der Waals surface area (Å²) in [5.41, 5.74) is -0.0501. The lowest BCUT2D eigenvalue weighted by Crippen LogP contribution is -2.50. The molecule has 6 nitrogen and oxygen atoms in total. The first kappa shape index (κ1) is 20.6. The molecule has 0 aliphatic heterocycles. The van der Waals surface area contributed by atoms with Gasteiger partial charge in [-0.3, -0.25) is 0 Å². The van der Waals surface area contributed by atoms with Gasteiger partial charge in [-0.1, -0.05) is 11.6 Å². The van der Waals surface area contributed by atoms with E-state index < -0.39 is 29.4 Å². The van der Waals surface area contributed by atoms with Gasteiger partial charge in [0, 0.05) is 0 Å². The third-order valence-electron chi connectivity index (χ3n) is 2.66. The normalized spacial score (nSPS) is 15.4. The lowest BCUT2D eigenvalue weighted by Gasteiger charge is -2.31. The van der Waals surface area contributed by atoms with Crippen molar-refractivity contribution in [3.05, 3.63) is 22.7 Å². The van der Waals surface area contributed by atoms with E-state index in [0.29, 0.717) is 0 Å². The van der Waals surface area contributed by atoms with Crippen LogP contribution in [0.3, 0.4) is 0 Å². The minimum Gasteiger partial charge on any atom is -0.493 e. The number of carbonyl (C=O) groups is 1. The first-order chi connectivity index (χ1) is 10.9. The average molecular weight is 393 g/mol. The number of benzene rings is 1. The molecule has 0 amide bonds. The van der Waals surface area contributed by atoms with Gasteiger partial charge in [-0.25, -0.2) is 9.53 Å². The van der Waals surface area contributed by atoms with E-state index in [9.17, 15) is 23.1 Å². The molecule has 1 aromatic carbocycles. The molecule has 0 radical (unpaired) electrons. The molecule has 136 valence electrons. The Morgan fingerprint density at radius 2 is 1.88 bits per heavy atom. The number of hydrogen-bond donors (Lipinski definition) is 1. The van der Waals surface area contributed by atoms with Gasteiger partial charge in [0.1, 0.15) is 5.38 Å². The number of hydrogen-bond acceptors (Lipinski definition) is 6. The Morgan fingerprint density at radius 1 is 1.29 bits per heavy atom. The van der Waals surface area contributed by atoms with Gasteiger partial charge in [0.25, 0.3) is 0 Å². The molecule has 0 heterocycles. The number of ether oxygens (including phenoxy) is 4. The van der Waals surface area contributed by atoms with E-state index in [1.54, 1.807) is 0 Å². The topological polar surface area (TPSA) is 74.2 Å². The highest BCUT2D eigenvalue weighted by Gasteiger charge is 2.49. The molecule has 2 unspecified atom stereocenters. The van der Waals surface area contributed by atoms with Crippen LogP contribution >= 0.6 is 23.2 Å². The van der Waals surface area contributed by atoms with E-state index in [1.165, 1.54) is 0 Å². The smallest absolute Gasteiger partial charge is 0.493 e. The second-order valence-electron chi connectivity index (χ2n) is 4.38. The van der Waals surface area contributed by atoms with Crippen LogP contribution in [0.1, 0.15) is 17.3 Å². The summed E-state index contributed by atoms with van der Waals surface area (Å²) in [7, 11) is 2.27. The van der Waals surface area contributed by atoms with Gasteiger partial charge in [-0.15, -0.1) is 24.8 Å². The van der Waals surface area contributed by atoms with Crippen molar-refractivity contribution in [2.24, 2.45) is 0 Å². The molecule has 2 atom stereocenters. The molecule has 0 fully saturated rings. The van der Waals surface area contributed by atoms with Crippen LogP contribution in [-0.2, 0) is 9.47 Å². The fourth-order valence-corrected chi connectivity index (χ4v) is 1.89. The molecule has 0 saturated heterocycles. The molecule has 0 saturated carbocycles. The number of esters is 1. The molecule has 0 aromatic heterocycles. The fourth-order valence-electron chi connectivity index (χ4n) is 1.55. The second-order valence-corrected chi connectivity index (χ2v) is 5.44. The van der Waals surface area contributed by atoms with E-state index in [-0.39, 0.29) is 16.3 Å². The molecule has 11 heteroatoms. The van der Waals surface area contributed by atoms with Crippen LogP contribution in [-0.4, -0.2) is 43.0 Å². The summed E-state index contributed by atoms with van der Waals surface area (Å²) < 4.78 is 55.2. The van der Waals surface area contributed by atoms with E-state index in [0.717, 1.165) is 33.3 Å². The summed E-state index contributed by atoms with van der Waals surface area (Å²) in [5, 5.41) is 7.96. The lowest BCUT2D eigenvalue weighted by molar-refractivity contribution is -0.456. The van der Waals surface area contributed by atoms with Crippen LogP contribution in [0.25, 0.3) is 0 Å². The van der Waals surface area contributed by atoms with Crippen LogP contribution in [0.15, 0.2) is 12.1 Å². The van der Waals surface area contributed by atoms with Crippen molar-refractivity contribution in [3.63, 3.8) is 0 Å². The highest BCUT2D eigenvalue weighted by molar-refractivity contribution is 6.32. The number of halogens is 5. The van der Waals surface area contributed by atoms with Crippen molar-refractivity contribution in [1.82, 2.24) is 0 Å². The highest BCUT2D eigenvalue weighted by Crippen LogP contribution is 2.41. The van der Waals surface area contributed by atoms with Crippen molar-refractivity contribution in [1.29, 1.82) is 0 Å². The van der Waals surface area contributed by atoms with E-state index in [4.69, 9.17) is 32.7 Å². The first-order valence-corrected chi connectivity index (χ1v) is 7.03. The van der Waals surface area contributed by atoms with E-state index in [2.05, 4.69) is 9.47 Å². The summed E-state index contributed by atoms with van der Waals surface area (Å²) in [5.74, 6) is -4.81. The summed E-state index contributed by atoms with van der Waals surface area (Å²) in [6, 6.07) is 2.15. The predicted molar refractivity (Wildman–Crippen MR) is 77.4 cm³/mol. The largest absolute Gasteiger partial charge is 0.527 e. The summed E-state index contributed by atoms with van der Waals surface area (Å²) >= 11 is 11.4. The van der Waals surface area contributed by atoms with Crippen LogP contribution in [0, 0.1) is 0 Å². The SMILES string of the molecule is COC(=O)c1cc(Cl)c(OC(O)(OC(F)(F)F)C(C)Cl)c(OC)c1. The average Bonchev–Trinajstić information content (AvgIpc) is 2.46. The van der Waals surface area contributed by atoms with Crippen molar-refractivity contribution in [3.8, 4) is 11.5 Å². The molecule has 0 spiro atoms. The highest BCUT2D eigenvalue weighted by atomic mass is 35.5. The summed E-state index contributed by atoms with van der Waals surface area (Å²) in [6.07, 6.45) is -5.25. The van der Waals surface area contributed by atoms with E-state index in [1.807, 2.05) is 0 Å². The molecular weight excluding hydrogens is 380 g/mol. The van der Waals surface area contributed by atoms with Crippen molar-refractivity contribution in [2.45, 2.75) is 24.6 Å². The van der Waals surface area contributed by atoms with Crippen LogP contribution in [0.5, 0.6) is 11.5 Å². The Bertz CT molecular complexity index is 608. The predicted octanol–water partition coefficient (Wildman–Crippen LogP) is 3.32. The Hall–Kier alpha value is -1.42. The monoisotopic (exact) mass is 392 g/mol. The third-order valence-corrected chi connectivity index (χ3v) is 3.22. The zero-order valence-corrected chi connectivity index (χ0v) is 14.1. The van der Waals surface area contributed by atoms with Crippen LogP contribution < -0.4 is 9.47 Å². The van der Waals surface area contributed by atoms with Gasteiger partial charge in [-0.2, -0.15) is 0 Å². The number of aliphatic hydroxyl groups is 1. The lowest BCUT2D eigenvalue weighted by atomic mass is 10.2. The summed E-state index contributed by atoms with van der Waals surface area (Å²) in [4.78, 5) is 11.5. The Labute approximate surface area is 144 Å². The van der Waals surface area contributed by atoms with Gasteiger partial charge in [0.05, 0.1) is 24.8 Å². The zero-order valence-electron chi connectivity index (χ0n) is 12.6. The first-order valence-electron chi connectivity index (χ1n) is 6.21. The molecular formula is C13H13Cl2F3O6. The minimum absolute atomic E-state index is 0.0501. The van der Waals surface area contributed by atoms with Crippen LogP contribution in [0.2, 0.25) is 5.02 Å². The Balaban J connectivity index is 3.32. The summed E-state index contributed by atoms with van der Waals surface area (Å²) in [6.45, 7) is 1.01. The van der Waals surface area contributed by atoms with Crippen molar-refractivity contribution in [2.75, 3.05) is 14.2 Å². The minimum atomic E-state index is -5.25. The third kappa shape index (κ3) is 5.04. The van der Waals surface area contributed by atoms with Gasteiger partial charge in [0.15, 0.2) is 11.5 Å². The maximum absolute atomic E-state index is 12.5. The van der Waals surface area contributed by atoms with Gasteiger partial charge in [-0.05, 0) is 19.1 Å². The number of methoxy groups -OCH3 is 2. The number of carbonyl (C=O) groups excluding carboxylic acids is 1. The molecule has 1 rings (SSSR count). The zero-order chi connectivity index (χ0) is 18.7. The van der Waals surface area contributed by atoms with E-state index >= 15 is 0 Å². The van der Waals surface area contributed by atoms with Gasteiger partial charge >= 0.3 is 18.3 Å². The van der Waals surface area contributed by atoms with Crippen molar-refractivity contribution >= 4 is 29.2 Å². The van der Waals surface area contributed by atoms with Crippen LogP contribution in [0.4, 0.5) is 13.2 Å². The quantitative estimate of drug-likeness (QED) is 0.454. The molecule has 1 N–H and O–H groups in total. The number of rotatable bonds is 6. The number of alkyl halides is 4. The van der Waals surface area contributed by atoms with Crippen molar-refractivity contribution < 1.29 is 42.0 Å². The standard InChI is InChI=1S/C13H13Cl2F3O6/c1-6(14)12(20,24-13(16,17)18)23-10-8(15)4-7(11(19)22-3)5-9(10)21-2/h4-6,20H,1-3H3. The Morgan fingerprint density at radius 3 is 2.29 bits per heavy atom. The maximum Gasteiger partial charge on any atom is 0.527 e. The molecule has 0 bridgehead atoms. The Kier molecular flexibility index (Phi) is 6.57.